The summed E-state index contributed by atoms with van der Waals surface area (Å²) in [5.74, 6) is 0. The van der Waals surface area contributed by atoms with Crippen LogP contribution in [-0.4, -0.2) is 23.3 Å². The molecule has 5 nitrogen and oxygen atoms in total. The number of primary amides is 1. The van der Waals surface area contributed by atoms with Crippen LogP contribution >= 0.6 is 0 Å². The Kier molecular flexibility index (Phi) is 3.65. The maximum absolute atomic E-state index is 10.9. The first-order valence-electron chi connectivity index (χ1n) is 6.81. The number of nitrogens with two attached hydrogens (primary N) is 1. The Hall–Kier alpha value is -1.75. The normalized spacial score (nSPS) is 23.3. The van der Waals surface area contributed by atoms with Crippen LogP contribution in [0, 0.1) is 0 Å². The summed E-state index contributed by atoms with van der Waals surface area (Å²) in [6.45, 7) is 8.37. The zero-order valence-corrected chi connectivity index (χ0v) is 12.5. The number of ether oxygens (including phenoxy) is 1. The SMILES string of the molecule is CC1(C)CC(Nc2cccc(NC(N)=O)c2)C(C)(C)O1. The minimum atomic E-state index is -0.562. The van der Waals surface area contributed by atoms with Crippen molar-refractivity contribution in [3.8, 4) is 0 Å². The van der Waals surface area contributed by atoms with Crippen molar-refractivity contribution in [3.05, 3.63) is 24.3 Å². The predicted octanol–water partition coefficient (Wildman–Crippen LogP) is 2.94. The molecule has 1 aromatic rings. The van der Waals surface area contributed by atoms with Gasteiger partial charge >= 0.3 is 6.03 Å². The highest BCUT2D eigenvalue weighted by atomic mass is 16.5. The number of amides is 2. The fourth-order valence-corrected chi connectivity index (χ4v) is 2.82. The Balaban J connectivity index is 2.12. The molecule has 5 heteroatoms. The van der Waals surface area contributed by atoms with Gasteiger partial charge in [0.1, 0.15) is 0 Å². The maximum Gasteiger partial charge on any atom is 0.316 e. The van der Waals surface area contributed by atoms with Gasteiger partial charge in [-0.15, -0.1) is 0 Å². The highest BCUT2D eigenvalue weighted by Crippen LogP contribution is 2.38. The van der Waals surface area contributed by atoms with Gasteiger partial charge in [-0.3, -0.25) is 0 Å². The Bertz CT molecular complexity index is 512. The summed E-state index contributed by atoms with van der Waals surface area (Å²) in [4.78, 5) is 10.9. The van der Waals surface area contributed by atoms with Crippen LogP contribution < -0.4 is 16.4 Å². The van der Waals surface area contributed by atoms with Gasteiger partial charge in [-0.2, -0.15) is 0 Å². The number of carbonyl (C=O) groups excluding carboxylic acids is 1. The Morgan fingerprint density at radius 3 is 2.50 bits per heavy atom. The number of anilines is 2. The molecule has 1 aliphatic heterocycles. The maximum atomic E-state index is 10.9. The second kappa shape index (κ2) is 4.98. The zero-order chi connectivity index (χ0) is 15.0. The van der Waals surface area contributed by atoms with Crippen molar-refractivity contribution in [1.82, 2.24) is 0 Å². The molecule has 1 fully saturated rings. The van der Waals surface area contributed by atoms with Gasteiger partial charge in [0.15, 0.2) is 0 Å². The number of rotatable bonds is 3. The van der Waals surface area contributed by atoms with Crippen molar-refractivity contribution in [2.45, 2.75) is 51.4 Å². The number of benzene rings is 1. The summed E-state index contributed by atoms with van der Waals surface area (Å²) >= 11 is 0. The van der Waals surface area contributed by atoms with E-state index in [9.17, 15) is 4.79 Å². The first kappa shape index (κ1) is 14.7. The molecule has 1 saturated heterocycles. The Morgan fingerprint density at radius 2 is 1.95 bits per heavy atom. The summed E-state index contributed by atoms with van der Waals surface area (Å²) in [5, 5.41) is 6.06. The molecule has 0 aliphatic carbocycles. The van der Waals surface area contributed by atoms with E-state index >= 15 is 0 Å². The lowest BCUT2D eigenvalue weighted by Crippen LogP contribution is -2.38. The van der Waals surface area contributed by atoms with Crippen LogP contribution in [0.25, 0.3) is 0 Å². The van der Waals surface area contributed by atoms with Crippen molar-refractivity contribution >= 4 is 17.4 Å². The van der Waals surface area contributed by atoms with E-state index in [1.165, 1.54) is 0 Å². The minimum Gasteiger partial charge on any atom is -0.379 e. The number of hydrogen-bond acceptors (Lipinski definition) is 3. The third-order valence-electron chi connectivity index (χ3n) is 3.55. The van der Waals surface area contributed by atoms with Crippen LogP contribution in [0.4, 0.5) is 16.2 Å². The lowest BCUT2D eigenvalue weighted by atomic mass is 9.94. The largest absolute Gasteiger partial charge is 0.379 e. The second-order valence-corrected chi connectivity index (χ2v) is 6.44. The van der Waals surface area contributed by atoms with E-state index in [-0.39, 0.29) is 17.2 Å². The minimum absolute atomic E-state index is 0.135. The molecular weight excluding hydrogens is 254 g/mol. The van der Waals surface area contributed by atoms with Crippen molar-refractivity contribution in [1.29, 1.82) is 0 Å². The van der Waals surface area contributed by atoms with Gasteiger partial charge in [0.25, 0.3) is 0 Å². The highest BCUT2D eigenvalue weighted by molar-refractivity contribution is 5.88. The van der Waals surface area contributed by atoms with E-state index in [0.717, 1.165) is 12.1 Å². The molecule has 1 atom stereocenters. The average Bonchev–Trinajstić information content (AvgIpc) is 2.45. The van der Waals surface area contributed by atoms with Gasteiger partial charge in [-0.1, -0.05) is 6.07 Å². The molecular formula is C15H23N3O2. The Morgan fingerprint density at radius 1 is 1.30 bits per heavy atom. The molecule has 2 rings (SSSR count). The van der Waals surface area contributed by atoms with Gasteiger partial charge in [0.05, 0.1) is 17.2 Å². The first-order chi connectivity index (χ1) is 9.18. The third-order valence-corrected chi connectivity index (χ3v) is 3.55. The monoisotopic (exact) mass is 277 g/mol. The molecule has 1 heterocycles. The topological polar surface area (TPSA) is 76.4 Å². The van der Waals surface area contributed by atoms with E-state index in [1.807, 2.05) is 18.2 Å². The van der Waals surface area contributed by atoms with E-state index < -0.39 is 6.03 Å². The molecule has 1 aliphatic rings. The molecule has 0 aromatic heterocycles. The van der Waals surface area contributed by atoms with E-state index in [2.05, 4.69) is 38.3 Å². The van der Waals surface area contributed by atoms with Gasteiger partial charge < -0.3 is 21.1 Å². The molecule has 2 amide bonds. The van der Waals surface area contributed by atoms with Crippen molar-refractivity contribution in [2.24, 2.45) is 5.73 Å². The van der Waals surface area contributed by atoms with E-state index in [0.29, 0.717) is 5.69 Å². The van der Waals surface area contributed by atoms with Crippen molar-refractivity contribution in [2.75, 3.05) is 10.6 Å². The summed E-state index contributed by atoms with van der Waals surface area (Å²) in [7, 11) is 0. The summed E-state index contributed by atoms with van der Waals surface area (Å²) in [6.07, 6.45) is 0.924. The molecule has 0 saturated carbocycles. The molecule has 1 aromatic carbocycles. The number of carbonyl (C=O) groups is 1. The molecule has 110 valence electrons. The second-order valence-electron chi connectivity index (χ2n) is 6.44. The lowest BCUT2D eigenvalue weighted by molar-refractivity contribution is -0.0662. The smallest absolute Gasteiger partial charge is 0.316 e. The molecule has 0 radical (unpaired) electrons. The van der Waals surface area contributed by atoms with E-state index in [1.54, 1.807) is 6.07 Å². The summed E-state index contributed by atoms with van der Waals surface area (Å²) in [6, 6.07) is 7.16. The lowest BCUT2D eigenvalue weighted by Gasteiger charge is -2.28. The number of urea groups is 1. The fourth-order valence-electron chi connectivity index (χ4n) is 2.82. The van der Waals surface area contributed by atoms with Crippen LogP contribution in [0.15, 0.2) is 24.3 Å². The van der Waals surface area contributed by atoms with Crippen molar-refractivity contribution in [3.63, 3.8) is 0 Å². The predicted molar refractivity (Wildman–Crippen MR) is 80.9 cm³/mol. The van der Waals surface area contributed by atoms with Crippen LogP contribution in [0.3, 0.4) is 0 Å². The first-order valence-corrected chi connectivity index (χ1v) is 6.81. The van der Waals surface area contributed by atoms with E-state index in [4.69, 9.17) is 10.5 Å². The molecule has 20 heavy (non-hydrogen) atoms. The van der Waals surface area contributed by atoms with Crippen molar-refractivity contribution < 1.29 is 9.53 Å². The van der Waals surface area contributed by atoms with Gasteiger partial charge in [-0.05, 0) is 52.3 Å². The quantitative estimate of drug-likeness (QED) is 0.795. The van der Waals surface area contributed by atoms with Gasteiger partial charge in [0, 0.05) is 11.4 Å². The van der Waals surface area contributed by atoms with Gasteiger partial charge in [0.2, 0.25) is 0 Å². The zero-order valence-electron chi connectivity index (χ0n) is 12.5. The number of nitrogens with one attached hydrogen (secondary N) is 2. The summed E-state index contributed by atoms with van der Waals surface area (Å²) < 4.78 is 6.06. The fraction of sp³-hybridized carbons (Fsp3) is 0.533. The Labute approximate surface area is 119 Å². The molecule has 0 spiro atoms. The number of hydrogen-bond donors (Lipinski definition) is 3. The molecule has 0 bridgehead atoms. The molecule has 1 unspecified atom stereocenters. The third kappa shape index (κ3) is 3.42. The van der Waals surface area contributed by atoms with Gasteiger partial charge in [-0.25, -0.2) is 4.79 Å². The van der Waals surface area contributed by atoms with Crippen LogP contribution in [-0.2, 0) is 4.74 Å². The standard InChI is InChI=1S/C15H23N3O2/c1-14(2)9-12(15(3,4)20-14)17-10-6-5-7-11(8-10)18-13(16)19/h5-8,12,17H,9H2,1-4H3,(H3,16,18,19). The molecule has 4 N–H and O–H groups in total. The highest BCUT2D eigenvalue weighted by Gasteiger charge is 2.45. The summed E-state index contributed by atoms with van der Waals surface area (Å²) in [5.41, 5.74) is 6.37. The van der Waals surface area contributed by atoms with Crippen LogP contribution in [0.5, 0.6) is 0 Å². The average molecular weight is 277 g/mol. The van der Waals surface area contributed by atoms with Crippen LogP contribution in [0.2, 0.25) is 0 Å². The van der Waals surface area contributed by atoms with Crippen LogP contribution in [0.1, 0.15) is 34.1 Å².